The van der Waals surface area contributed by atoms with Crippen LogP contribution in [0.4, 0.5) is 0 Å². The van der Waals surface area contributed by atoms with Gasteiger partial charge in [0.15, 0.2) is 5.78 Å². The Morgan fingerprint density at radius 2 is 1.67 bits per heavy atom. The van der Waals surface area contributed by atoms with Crippen LogP contribution in [0.25, 0.3) is 0 Å². The number of Topliss-reactive ketones (excluding diaryl/α,β-unsaturated/α-hetero) is 1. The summed E-state index contributed by atoms with van der Waals surface area (Å²) < 4.78 is 0. The molecule has 2 aromatic carbocycles. The number of para-hydroxylation sites is 1. The molecule has 2 rings (SSSR count). The third kappa shape index (κ3) is 5.37. The van der Waals surface area contributed by atoms with Crippen LogP contribution in [-0.2, 0) is 0 Å². The van der Waals surface area contributed by atoms with E-state index in [1.54, 1.807) is 36.4 Å². The Hall–Kier alpha value is -2.18. The molecule has 3 heteroatoms. The first-order valence-corrected chi connectivity index (χ1v) is 7.09. The molecule has 1 atom stereocenters. The van der Waals surface area contributed by atoms with E-state index >= 15 is 0 Å². The van der Waals surface area contributed by atoms with Gasteiger partial charge in [0.2, 0.25) is 0 Å². The van der Waals surface area contributed by atoms with E-state index in [0.29, 0.717) is 16.9 Å². The van der Waals surface area contributed by atoms with Crippen molar-refractivity contribution in [1.82, 2.24) is 0 Å². The van der Waals surface area contributed by atoms with E-state index in [4.69, 9.17) is 5.11 Å². The molecule has 0 aromatic heterocycles. The second kappa shape index (κ2) is 8.89. The van der Waals surface area contributed by atoms with Crippen molar-refractivity contribution in [3.05, 3.63) is 84.5 Å². The third-order valence-corrected chi connectivity index (χ3v) is 3.25. The van der Waals surface area contributed by atoms with E-state index in [0.717, 1.165) is 5.30 Å². The quantitative estimate of drug-likeness (QED) is 0.404. The molecule has 0 saturated heterocycles. The first kappa shape index (κ1) is 16.9. The monoisotopic (exact) mass is 298 g/mol. The van der Waals surface area contributed by atoms with Crippen LogP contribution in [0.5, 0.6) is 5.75 Å². The van der Waals surface area contributed by atoms with E-state index < -0.39 is 0 Å². The van der Waals surface area contributed by atoms with Crippen molar-refractivity contribution >= 4 is 20.3 Å². The van der Waals surface area contributed by atoms with E-state index in [-0.39, 0.29) is 5.78 Å². The van der Waals surface area contributed by atoms with Gasteiger partial charge in [0.05, 0.1) is 0 Å². The number of carbonyl (C=O) groups is 1. The summed E-state index contributed by atoms with van der Waals surface area (Å²) in [7, 11) is 2.44. The number of carbonyl (C=O) groups excluding carboxylic acids is 1. The van der Waals surface area contributed by atoms with Crippen LogP contribution in [0.15, 0.2) is 78.9 Å². The fourth-order valence-electron chi connectivity index (χ4n) is 1.59. The van der Waals surface area contributed by atoms with Gasteiger partial charge >= 0.3 is 0 Å². The third-order valence-electron chi connectivity index (χ3n) is 2.77. The highest BCUT2D eigenvalue weighted by molar-refractivity contribution is 7.27. The minimum absolute atomic E-state index is 0.0260. The molecule has 0 spiro atoms. The first-order chi connectivity index (χ1) is 10.1. The molecule has 0 radical (unpaired) electrons. The Morgan fingerprint density at radius 3 is 2.10 bits per heavy atom. The zero-order chi connectivity index (χ0) is 15.7. The fraction of sp³-hybridized carbons (Fsp3) is 0.0556. The Bertz CT molecular complexity index is 610. The smallest absolute Gasteiger partial charge is 0.192 e. The predicted molar refractivity (Wildman–Crippen MR) is 92.2 cm³/mol. The number of benzene rings is 2. The molecule has 0 aliphatic carbocycles. The van der Waals surface area contributed by atoms with Gasteiger partial charge in [-0.05, 0) is 13.0 Å². The molecule has 2 aromatic rings. The van der Waals surface area contributed by atoms with Gasteiger partial charge in [-0.25, -0.2) is 0 Å². The minimum Gasteiger partial charge on any atom is -0.507 e. The normalized spacial score (nSPS) is 10.3. The Kier molecular flexibility index (Phi) is 7.14. The summed E-state index contributed by atoms with van der Waals surface area (Å²) in [6.07, 6.45) is 3.34. The number of hydrogen-bond donors (Lipinski definition) is 1. The molecular formula is C18H19O2P. The molecule has 1 unspecified atom stereocenters. The number of rotatable bonds is 3. The molecule has 0 amide bonds. The molecule has 0 fully saturated rings. The van der Waals surface area contributed by atoms with Crippen LogP contribution in [0, 0.1) is 0 Å². The number of phenolic OH excluding ortho intramolecular Hbond substituents is 1. The summed E-state index contributed by atoms with van der Waals surface area (Å²) in [5.74, 6) is 0.357. The molecule has 21 heavy (non-hydrogen) atoms. The second-order valence-electron chi connectivity index (χ2n) is 4.20. The predicted octanol–water partition coefficient (Wildman–Crippen LogP) is 3.89. The lowest BCUT2D eigenvalue weighted by molar-refractivity contribution is 0.103. The van der Waals surface area contributed by atoms with Gasteiger partial charge in [-0.3, -0.25) is 4.79 Å². The summed E-state index contributed by atoms with van der Waals surface area (Å²) in [4.78, 5) is 11.7. The molecular weight excluding hydrogens is 279 g/mol. The zero-order valence-electron chi connectivity index (χ0n) is 12.0. The van der Waals surface area contributed by atoms with E-state index in [9.17, 15) is 4.79 Å². The van der Waals surface area contributed by atoms with E-state index in [2.05, 4.69) is 15.8 Å². The maximum Gasteiger partial charge on any atom is 0.192 e. The van der Waals surface area contributed by atoms with Gasteiger partial charge < -0.3 is 5.11 Å². The Labute approximate surface area is 128 Å². The maximum absolute atomic E-state index is 11.7. The fourth-order valence-corrected chi connectivity index (χ4v) is 1.79. The summed E-state index contributed by atoms with van der Waals surface area (Å²) in [6.45, 7) is 5.42. The SMILES string of the molecule is C=C/C(=C\C)C(=O)c1ccccc1.Oc1ccccc1P. The summed E-state index contributed by atoms with van der Waals surface area (Å²) in [5.41, 5.74) is 1.35. The largest absolute Gasteiger partial charge is 0.507 e. The topological polar surface area (TPSA) is 37.3 Å². The lowest BCUT2D eigenvalue weighted by Crippen LogP contribution is -2.00. The molecule has 0 heterocycles. The van der Waals surface area contributed by atoms with Gasteiger partial charge in [-0.2, -0.15) is 0 Å². The van der Waals surface area contributed by atoms with Crippen molar-refractivity contribution in [3.8, 4) is 5.75 Å². The Morgan fingerprint density at radius 1 is 1.10 bits per heavy atom. The highest BCUT2D eigenvalue weighted by atomic mass is 31.0. The van der Waals surface area contributed by atoms with Gasteiger partial charge in [0, 0.05) is 16.4 Å². The highest BCUT2D eigenvalue weighted by Gasteiger charge is 2.06. The summed E-state index contributed by atoms with van der Waals surface area (Å²) >= 11 is 0. The molecule has 2 nitrogen and oxygen atoms in total. The standard InChI is InChI=1S/C12H12O.C6H7OP/c1-3-10(4-2)12(13)11-8-6-5-7-9-11;7-5-3-1-2-4-6(5)8/h3-9H,1H2,2H3;1-4,7H,8H2/b10-4+;. The highest BCUT2D eigenvalue weighted by Crippen LogP contribution is 2.08. The van der Waals surface area contributed by atoms with Crippen LogP contribution in [0.2, 0.25) is 0 Å². The van der Waals surface area contributed by atoms with Crippen LogP contribution in [0.3, 0.4) is 0 Å². The van der Waals surface area contributed by atoms with Gasteiger partial charge in [0.1, 0.15) is 5.75 Å². The van der Waals surface area contributed by atoms with Gasteiger partial charge in [-0.1, -0.05) is 67.3 Å². The summed E-state index contributed by atoms with van der Waals surface area (Å²) in [5, 5.41) is 9.74. The van der Waals surface area contributed by atoms with Crippen LogP contribution < -0.4 is 5.30 Å². The number of phenols is 1. The van der Waals surface area contributed by atoms with Crippen molar-refractivity contribution in [2.75, 3.05) is 0 Å². The van der Waals surface area contributed by atoms with Crippen LogP contribution in [0.1, 0.15) is 17.3 Å². The molecule has 0 bridgehead atoms. The van der Waals surface area contributed by atoms with Crippen molar-refractivity contribution in [3.63, 3.8) is 0 Å². The van der Waals surface area contributed by atoms with Crippen molar-refractivity contribution in [2.45, 2.75) is 6.92 Å². The molecule has 108 valence electrons. The second-order valence-corrected chi connectivity index (χ2v) is 4.82. The van der Waals surface area contributed by atoms with Crippen molar-refractivity contribution in [1.29, 1.82) is 0 Å². The first-order valence-electron chi connectivity index (χ1n) is 6.52. The van der Waals surface area contributed by atoms with E-state index in [1.165, 1.54) is 0 Å². The number of allylic oxidation sites excluding steroid dienone is 3. The number of ketones is 1. The van der Waals surface area contributed by atoms with Crippen molar-refractivity contribution < 1.29 is 9.90 Å². The zero-order valence-corrected chi connectivity index (χ0v) is 13.1. The van der Waals surface area contributed by atoms with Crippen LogP contribution >= 0.6 is 9.24 Å². The molecule has 0 saturated carbocycles. The number of aromatic hydroxyl groups is 1. The van der Waals surface area contributed by atoms with Crippen molar-refractivity contribution in [2.24, 2.45) is 0 Å². The van der Waals surface area contributed by atoms with Gasteiger partial charge in [0.25, 0.3) is 0 Å². The van der Waals surface area contributed by atoms with Gasteiger partial charge in [-0.15, -0.1) is 9.24 Å². The Balaban J connectivity index is 0.000000235. The maximum atomic E-state index is 11.7. The molecule has 1 N–H and O–H groups in total. The average molecular weight is 298 g/mol. The minimum atomic E-state index is 0.0260. The van der Waals surface area contributed by atoms with Crippen LogP contribution in [-0.4, -0.2) is 10.9 Å². The lowest BCUT2D eigenvalue weighted by atomic mass is 10.0. The van der Waals surface area contributed by atoms with E-state index in [1.807, 2.05) is 37.3 Å². The molecule has 0 aliphatic heterocycles. The average Bonchev–Trinajstić information content (AvgIpc) is 2.53. The number of hydrogen-bond acceptors (Lipinski definition) is 2. The lowest BCUT2D eigenvalue weighted by Gasteiger charge is -1.99. The summed E-state index contributed by atoms with van der Waals surface area (Å²) in [6, 6.07) is 16.4. The molecule has 0 aliphatic rings.